The Morgan fingerprint density at radius 1 is 0.818 bits per heavy atom. The summed E-state index contributed by atoms with van der Waals surface area (Å²) in [5.74, 6) is -3.28. The van der Waals surface area contributed by atoms with Crippen LogP contribution in [-0.4, -0.2) is 148 Å². The number of nitrogens with zero attached hydrogens (tertiary/aromatic N) is 3. The normalized spacial score (nSPS) is 16.0. The fraction of sp³-hybridized carbons (Fsp3) is 0.614. The van der Waals surface area contributed by atoms with Crippen LogP contribution < -0.4 is 26.6 Å². The molecule has 0 fully saturated rings. The number of nitrogens with one attached hydrogen (secondary N) is 5. The third-order valence-electron chi connectivity index (χ3n) is 9.99. The molecule has 3 atom stereocenters. The molecule has 8 N–H and O–H groups in total. The third kappa shape index (κ3) is 24.4. The molecule has 0 aliphatic carbocycles. The van der Waals surface area contributed by atoms with Gasteiger partial charge in [0.15, 0.2) is 0 Å². The number of aliphatic imine (C=N–C) groups is 1. The third-order valence-corrected chi connectivity index (χ3v) is 9.99. The second-order valence-electron chi connectivity index (χ2n) is 15.3. The standard InChI is InChI=1S/C44H65FN8O13/c45-17-4-7-34-29-31(15-19-48-53-34)9-13-39(54)47-20-22-64-24-26-66-28-27-65-25-23-63-21-16-40(55)49-33-6-3-5-32(30-33)35-10-12-38(50-35)46-18-2-1-8-36(42(58)59)51-44(62)52-37(43(60)61)11-14-41(56)57/h3,5-6,10,29-31,36-37H,1-2,4,7-9,11-28H2,(H,46,50)(H,47,54)(H,49,55)(H,56,57)(H,58,59)(H,60,61)(H2,51,52,62). The van der Waals surface area contributed by atoms with Crippen LogP contribution >= 0.6 is 0 Å². The summed E-state index contributed by atoms with van der Waals surface area (Å²) in [7, 11) is 0. The van der Waals surface area contributed by atoms with Crippen molar-refractivity contribution in [3.8, 4) is 0 Å². The van der Waals surface area contributed by atoms with Crippen molar-refractivity contribution in [1.29, 1.82) is 0 Å². The van der Waals surface area contributed by atoms with Crippen molar-refractivity contribution >= 4 is 53.0 Å². The minimum atomic E-state index is -1.48. The van der Waals surface area contributed by atoms with Crippen molar-refractivity contribution in [2.75, 3.05) is 84.5 Å². The average molecular weight is 933 g/mol. The van der Waals surface area contributed by atoms with Gasteiger partial charge in [-0.05, 0) is 75.0 Å². The Bertz CT molecular complexity index is 1830. The number of ether oxygens (including phenoxy) is 4. The predicted molar refractivity (Wildman–Crippen MR) is 240 cm³/mol. The van der Waals surface area contributed by atoms with Crippen LogP contribution in [0.15, 0.2) is 57.3 Å². The molecule has 4 amide bonds. The molecule has 3 rings (SSSR count). The second-order valence-corrected chi connectivity index (χ2v) is 15.3. The number of hydrogen-bond acceptors (Lipinski definition) is 13. The van der Waals surface area contributed by atoms with Gasteiger partial charge in [0.25, 0.3) is 0 Å². The largest absolute Gasteiger partial charge is 0.481 e. The maximum Gasteiger partial charge on any atom is 0.326 e. The van der Waals surface area contributed by atoms with E-state index in [-0.39, 0.29) is 50.3 Å². The topological polar surface area (TPSA) is 297 Å². The van der Waals surface area contributed by atoms with Crippen LogP contribution in [0.2, 0.25) is 0 Å². The maximum absolute atomic E-state index is 12.6. The number of carbonyl (C=O) groups is 6. The van der Waals surface area contributed by atoms with E-state index < -0.39 is 42.4 Å². The Labute approximate surface area is 383 Å². The molecule has 21 nitrogen and oxygen atoms in total. The van der Waals surface area contributed by atoms with Crippen LogP contribution in [0.4, 0.5) is 14.9 Å². The number of carbonyl (C=O) groups excluding carboxylic acids is 3. The van der Waals surface area contributed by atoms with E-state index in [9.17, 15) is 43.4 Å². The summed E-state index contributed by atoms with van der Waals surface area (Å²) in [5.41, 5.74) is 3.08. The average Bonchev–Trinajstić information content (AvgIpc) is 3.64. The van der Waals surface area contributed by atoms with Gasteiger partial charge in [0.05, 0.1) is 78.2 Å². The first-order chi connectivity index (χ1) is 31.9. The quantitative estimate of drug-likeness (QED) is 0.0446. The van der Waals surface area contributed by atoms with Crippen LogP contribution in [0, 0.1) is 5.92 Å². The van der Waals surface area contributed by atoms with E-state index in [4.69, 9.17) is 24.1 Å². The highest BCUT2D eigenvalue weighted by Crippen LogP contribution is 2.23. The maximum atomic E-state index is 12.6. The number of carboxylic acid groups (broad SMARTS) is 3. The Morgan fingerprint density at radius 2 is 1.50 bits per heavy atom. The number of rotatable bonds is 35. The number of hydrogen-bond donors (Lipinski definition) is 8. The van der Waals surface area contributed by atoms with Gasteiger partial charge in [0.2, 0.25) is 11.8 Å². The summed E-state index contributed by atoms with van der Waals surface area (Å²) in [4.78, 5) is 75.3. The van der Waals surface area contributed by atoms with Gasteiger partial charge in [-0.15, -0.1) is 0 Å². The molecule has 66 heavy (non-hydrogen) atoms. The van der Waals surface area contributed by atoms with Crippen LogP contribution in [0.3, 0.4) is 0 Å². The van der Waals surface area contributed by atoms with E-state index in [1.54, 1.807) is 6.07 Å². The zero-order valence-corrected chi connectivity index (χ0v) is 37.3. The summed E-state index contributed by atoms with van der Waals surface area (Å²) in [6.45, 7) is 3.81. The van der Waals surface area contributed by atoms with Gasteiger partial charge in [-0.1, -0.05) is 24.3 Å². The first-order valence-corrected chi connectivity index (χ1v) is 22.3. The molecular formula is C44H65FN8O13. The molecule has 0 radical (unpaired) electrons. The number of alkyl halides is 1. The minimum Gasteiger partial charge on any atom is -0.481 e. The Hall–Kier alpha value is -5.84. The van der Waals surface area contributed by atoms with Crippen molar-refractivity contribution in [2.24, 2.45) is 21.1 Å². The van der Waals surface area contributed by atoms with Crippen LogP contribution in [-0.2, 0) is 42.9 Å². The number of aliphatic carboxylic acids is 3. The fourth-order valence-corrected chi connectivity index (χ4v) is 6.51. The summed E-state index contributed by atoms with van der Waals surface area (Å²) in [6, 6.07) is 3.57. The Morgan fingerprint density at radius 3 is 2.18 bits per heavy atom. The number of azo groups is 1. The number of anilines is 1. The molecule has 0 saturated carbocycles. The fourth-order valence-electron chi connectivity index (χ4n) is 6.51. The first kappa shape index (κ1) is 54.5. The molecule has 0 aromatic heterocycles. The summed E-state index contributed by atoms with van der Waals surface area (Å²) < 4.78 is 34.6. The van der Waals surface area contributed by atoms with Crippen LogP contribution in [0.5, 0.6) is 0 Å². The highest BCUT2D eigenvalue weighted by atomic mass is 19.1. The van der Waals surface area contributed by atoms with Gasteiger partial charge in [-0.25, -0.2) is 14.4 Å². The zero-order chi connectivity index (χ0) is 47.8. The molecule has 0 spiro atoms. The van der Waals surface area contributed by atoms with Crippen molar-refractivity contribution in [2.45, 2.75) is 89.1 Å². The number of halogens is 1. The van der Waals surface area contributed by atoms with Crippen molar-refractivity contribution in [1.82, 2.24) is 21.3 Å². The van der Waals surface area contributed by atoms with E-state index >= 15 is 0 Å². The van der Waals surface area contributed by atoms with Crippen molar-refractivity contribution in [3.05, 3.63) is 47.7 Å². The van der Waals surface area contributed by atoms with Gasteiger partial charge >= 0.3 is 23.9 Å². The van der Waals surface area contributed by atoms with Gasteiger partial charge in [-0.3, -0.25) is 23.8 Å². The molecule has 2 aliphatic heterocycles. The van der Waals surface area contributed by atoms with Gasteiger partial charge < -0.3 is 60.9 Å². The lowest BCUT2D eigenvalue weighted by atomic mass is 9.97. The van der Waals surface area contributed by atoms with E-state index in [1.165, 1.54) is 0 Å². The molecule has 2 heterocycles. The van der Waals surface area contributed by atoms with E-state index in [1.807, 2.05) is 30.4 Å². The van der Waals surface area contributed by atoms with Gasteiger partial charge in [-0.2, -0.15) is 10.2 Å². The van der Waals surface area contributed by atoms with E-state index in [0.29, 0.717) is 117 Å². The summed E-state index contributed by atoms with van der Waals surface area (Å²) in [5, 5.41) is 49.1. The van der Waals surface area contributed by atoms with Gasteiger partial charge in [0, 0.05) is 43.7 Å². The first-order valence-electron chi connectivity index (χ1n) is 22.3. The monoisotopic (exact) mass is 932 g/mol. The molecule has 1 aromatic rings. The van der Waals surface area contributed by atoms with E-state index in [0.717, 1.165) is 29.2 Å². The smallest absolute Gasteiger partial charge is 0.326 e. The highest BCUT2D eigenvalue weighted by molar-refractivity contribution is 5.98. The Kier molecular flexibility index (Phi) is 27.0. The number of urea groups is 1. The molecule has 2 aliphatic rings. The molecule has 1 aromatic carbocycles. The highest BCUT2D eigenvalue weighted by Gasteiger charge is 2.25. The Balaban J connectivity index is 1.16. The van der Waals surface area contributed by atoms with Crippen molar-refractivity contribution < 1.29 is 67.4 Å². The lowest BCUT2D eigenvalue weighted by Crippen LogP contribution is -2.51. The number of benzene rings is 1. The number of carboxylic acids is 3. The number of unbranched alkanes of at least 4 members (excludes halogenated alkanes) is 1. The number of allylic oxidation sites excluding steroid dienone is 2. The van der Waals surface area contributed by atoms with E-state index in [2.05, 4.69) is 41.8 Å². The zero-order valence-electron chi connectivity index (χ0n) is 37.3. The van der Waals surface area contributed by atoms with Gasteiger partial charge in [0.1, 0.15) is 17.9 Å². The predicted octanol–water partition coefficient (Wildman–Crippen LogP) is 4.06. The lowest BCUT2D eigenvalue weighted by Gasteiger charge is -2.18. The minimum absolute atomic E-state index is 0.0425. The number of amidine groups is 1. The second kappa shape index (κ2) is 32.8. The molecule has 366 valence electrons. The number of amides is 4. The lowest BCUT2D eigenvalue weighted by molar-refractivity contribution is -0.141. The van der Waals surface area contributed by atoms with Crippen LogP contribution in [0.1, 0.15) is 82.6 Å². The molecular weight excluding hydrogens is 868 g/mol. The van der Waals surface area contributed by atoms with Crippen molar-refractivity contribution in [3.63, 3.8) is 0 Å². The summed E-state index contributed by atoms with van der Waals surface area (Å²) in [6.07, 6.45) is 7.75. The molecule has 3 unspecified atom stereocenters. The SMILES string of the molecule is O=C(O)CCC(NC(=O)NC(CCCCN=C1CC=C(c2cccc(NC(=O)CCOCCOCCOCCOCCNC(=O)CCC3C=C(CCCF)N=NCC3)c2)N1)C(=O)O)C(=O)O. The molecule has 22 heteroatoms. The summed E-state index contributed by atoms with van der Waals surface area (Å²) >= 11 is 0. The van der Waals surface area contributed by atoms with Crippen LogP contribution in [0.25, 0.3) is 5.70 Å². The molecule has 0 bridgehead atoms. The molecule has 0 saturated heterocycles.